The highest BCUT2D eigenvalue weighted by molar-refractivity contribution is 6.31. The van der Waals surface area contributed by atoms with Crippen molar-refractivity contribution in [1.82, 2.24) is 0 Å². The van der Waals surface area contributed by atoms with E-state index in [1.54, 1.807) is 0 Å². The lowest BCUT2D eigenvalue weighted by Gasteiger charge is -2.46. The van der Waals surface area contributed by atoms with Crippen LogP contribution in [0.5, 0.6) is 0 Å². The van der Waals surface area contributed by atoms with E-state index in [9.17, 15) is 14.5 Å². The molecule has 0 amide bonds. The van der Waals surface area contributed by atoms with Crippen LogP contribution in [0.25, 0.3) is 0 Å². The summed E-state index contributed by atoms with van der Waals surface area (Å²) < 4.78 is 19.0. The summed E-state index contributed by atoms with van der Waals surface area (Å²) in [5.41, 5.74) is 5.82. The Labute approximate surface area is 119 Å². The molecule has 0 aromatic heterocycles. The Morgan fingerprint density at radius 1 is 1.55 bits per heavy atom. The summed E-state index contributed by atoms with van der Waals surface area (Å²) in [7, 11) is 0. The Morgan fingerprint density at radius 3 is 3.00 bits per heavy atom. The van der Waals surface area contributed by atoms with Gasteiger partial charge in [0.25, 0.3) is 5.69 Å². The fraction of sp³-hybridized carbons (Fsp3) is 0.500. The first-order valence-electron chi connectivity index (χ1n) is 6.26. The second-order valence-corrected chi connectivity index (χ2v) is 5.48. The van der Waals surface area contributed by atoms with Crippen LogP contribution in [0.3, 0.4) is 0 Å². The van der Waals surface area contributed by atoms with Crippen molar-refractivity contribution in [3.8, 4) is 0 Å². The lowest BCUT2D eigenvalue weighted by molar-refractivity contribution is -0.384. The monoisotopic (exact) mass is 301 g/mol. The number of anilines is 1. The van der Waals surface area contributed by atoms with Crippen molar-refractivity contribution >= 4 is 23.0 Å². The average molecular weight is 302 g/mol. The van der Waals surface area contributed by atoms with Gasteiger partial charge in [0.2, 0.25) is 0 Å². The van der Waals surface area contributed by atoms with E-state index in [0.29, 0.717) is 6.61 Å². The van der Waals surface area contributed by atoms with Crippen LogP contribution in [0, 0.1) is 21.8 Å². The van der Waals surface area contributed by atoms with Crippen molar-refractivity contribution in [3.63, 3.8) is 0 Å². The Morgan fingerprint density at radius 2 is 2.30 bits per heavy atom. The molecule has 1 saturated carbocycles. The topological polar surface area (TPSA) is 90.4 Å². The number of nitro groups is 1. The van der Waals surface area contributed by atoms with Crippen molar-refractivity contribution in [2.45, 2.75) is 24.6 Å². The van der Waals surface area contributed by atoms with Crippen LogP contribution < -0.4 is 11.1 Å². The van der Waals surface area contributed by atoms with Crippen LogP contribution in [-0.4, -0.2) is 29.7 Å². The highest BCUT2D eigenvalue weighted by Gasteiger charge is 2.52. The first-order valence-corrected chi connectivity index (χ1v) is 6.64. The minimum Gasteiger partial charge on any atom is -0.376 e. The standard InChI is InChI=1S/C12H13ClFN3O3/c13-6-3-9(17(18)19)8(4-7(6)14)16-11-10(15)5-1-2-20-12(5)11/h3-5,10-12,16H,1-2,15H2. The molecule has 6 nitrogen and oxygen atoms in total. The number of nitrogens with one attached hydrogen (secondary N) is 1. The van der Waals surface area contributed by atoms with Crippen molar-refractivity contribution in [2.75, 3.05) is 11.9 Å². The van der Waals surface area contributed by atoms with E-state index in [-0.39, 0.29) is 40.5 Å². The number of hydrogen-bond donors (Lipinski definition) is 2. The third kappa shape index (κ3) is 2.02. The van der Waals surface area contributed by atoms with E-state index in [1.165, 1.54) is 0 Å². The molecular formula is C12H13ClFN3O3. The van der Waals surface area contributed by atoms with Crippen LogP contribution in [0.15, 0.2) is 12.1 Å². The van der Waals surface area contributed by atoms with Crippen LogP contribution in [0.2, 0.25) is 5.02 Å². The molecule has 1 aromatic carbocycles. The largest absolute Gasteiger partial charge is 0.376 e. The molecule has 108 valence electrons. The summed E-state index contributed by atoms with van der Waals surface area (Å²) in [5, 5.41) is 13.6. The maximum atomic E-state index is 13.5. The minimum atomic E-state index is -0.712. The molecule has 1 aliphatic carbocycles. The van der Waals surface area contributed by atoms with Gasteiger partial charge in [0.1, 0.15) is 11.5 Å². The SMILES string of the molecule is NC1C2CCOC2C1Nc1cc(F)c(Cl)cc1[N+](=O)[O-]. The lowest BCUT2D eigenvalue weighted by atomic mass is 9.72. The number of fused-ring (bicyclic) bond motifs is 1. The molecule has 8 heteroatoms. The fourth-order valence-electron chi connectivity index (χ4n) is 2.91. The zero-order valence-corrected chi connectivity index (χ0v) is 11.1. The first kappa shape index (κ1) is 13.5. The molecule has 0 radical (unpaired) electrons. The van der Waals surface area contributed by atoms with E-state index in [1.807, 2.05) is 0 Å². The number of halogens is 2. The zero-order valence-electron chi connectivity index (χ0n) is 10.4. The Balaban J connectivity index is 1.87. The van der Waals surface area contributed by atoms with Gasteiger partial charge in [-0.25, -0.2) is 4.39 Å². The molecule has 1 heterocycles. The molecule has 2 aliphatic rings. The van der Waals surface area contributed by atoms with E-state index < -0.39 is 10.7 Å². The Bertz CT molecular complexity index is 571. The number of nitro benzene ring substituents is 1. The highest BCUT2D eigenvalue weighted by Crippen LogP contribution is 2.41. The molecule has 3 rings (SSSR count). The number of rotatable bonds is 3. The predicted octanol–water partition coefficient (Wildman–Crippen LogP) is 1.91. The Kier molecular flexibility index (Phi) is 3.27. The number of hydrogen-bond acceptors (Lipinski definition) is 5. The average Bonchev–Trinajstić information content (AvgIpc) is 2.83. The summed E-state index contributed by atoms with van der Waals surface area (Å²) in [6, 6.07) is 1.62. The minimum absolute atomic E-state index is 0.0663. The Hall–Kier alpha value is -1.44. The first-order chi connectivity index (χ1) is 9.49. The number of nitrogens with zero attached hydrogens (tertiary/aromatic N) is 1. The van der Waals surface area contributed by atoms with Crippen molar-refractivity contribution in [1.29, 1.82) is 0 Å². The highest BCUT2D eigenvalue weighted by atomic mass is 35.5. The third-order valence-corrected chi connectivity index (χ3v) is 4.29. The molecule has 0 spiro atoms. The van der Waals surface area contributed by atoms with E-state index >= 15 is 0 Å². The molecule has 2 fully saturated rings. The molecule has 20 heavy (non-hydrogen) atoms. The van der Waals surface area contributed by atoms with E-state index in [4.69, 9.17) is 22.1 Å². The van der Waals surface area contributed by atoms with Gasteiger partial charge in [-0.2, -0.15) is 0 Å². The fourth-order valence-corrected chi connectivity index (χ4v) is 3.07. The van der Waals surface area contributed by atoms with Crippen LogP contribution in [-0.2, 0) is 4.74 Å². The number of nitrogens with two attached hydrogens (primary N) is 1. The molecule has 1 aromatic rings. The number of benzene rings is 1. The van der Waals surface area contributed by atoms with Gasteiger partial charge in [0.05, 0.1) is 22.1 Å². The van der Waals surface area contributed by atoms with Gasteiger partial charge in [-0.05, 0) is 6.42 Å². The maximum absolute atomic E-state index is 13.5. The molecule has 3 N–H and O–H groups in total. The second-order valence-electron chi connectivity index (χ2n) is 5.08. The smallest absolute Gasteiger partial charge is 0.294 e. The molecule has 1 aliphatic heterocycles. The molecule has 0 bridgehead atoms. The molecule has 4 unspecified atom stereocenters. The predicted molar refractivity (Wildman–Crippen MR) is 71.3 cm³/mol. The van der Waals surface area contributed by atoms with E-state index in [0.717, 1.165) is 18.6 Å². The van der Waals surface area contributed by atoms with Crippen molar-refractivity contribution in [2.24, 2.45) is 11.7 Å². The van der Waals surface area contributed by atoms with Gasteiger partial charge in [0.15, 0.2) is 0 Å². The summed E-state index contributed by atoms with van der Waals surface area (Å²) >= 11 is 5.58. The van der Waals surface area contributed by atoms with Gasteiger partial charge in [-0.15, -0.1) is 0 Å². The van der Waals surface area contributed by atoms with Crippen molar-refractivity contribution < 1.29 is 14.1 Å². The van der Waals surface area contributed by atoms with Gasteiger partial charge in [0, 0.05) is 30.7 Å². The summed E-state index contributed by atoms with van der Waals surface area (Å²) in [6.07, 6.45) is 0.824. The van der Waals surface area contributed by atoms with Gasteiger partial charge < -0.3 is 15.8 Å². The summed E-state index contributed by atoms with van der Waals surface area (Å²) in [4.78, 5) is 10.4. The van der Waals surface area contributed by atoms with Gasteiger partial charge >= 0.3 is 0 Å². The van der Waals surface area contributed by atoms with Crippen LogP contribution in [0.1, 0.15) is 6.42 Å². The van der Waals surface area contributed by atoms with Crippen molar-refractivity contribution in [3.05, 3.63) is 33.1 Å². The van der Waals surface area contributed by atoms with E-state index in [2.05, 4.69) is 5.32 Å². The van der Waals surface area contributed by atoms with Crippen LogP contribution in [0.4, 0.5) is 15.8 Å². The quantitative estimate of drug-likeness (QED) is 0.657. The van der Waals surface area contributed by atoms with Gasteiger partial charge in [-0.3, -0.25) is 10.1 Å². The molecule has 1 saturated heterocycles. The summed E-state index contributed by atoms with van der Waals surface area (Å²) in [6.45, 7) is 0.637. The van der Waals surface area contributed by atoms with Crippen LogP contribution >= 0.6 is 11.6 Å². The molecule has 4 atom stereocenters. The summed E-state index contributed by atoms with van der Waals surface area (Å²) in [5.74, 6) is -0.444. The molecular weight excluding hydrogens is 289 g/mol. The maximum Gasteiger partial charge on any atom is 0.294 e. The lowest BCUT2D eigenvalue weighted by Crippen LogP contribution is -2.65. The number of ether oxygens (including phenoxy) is 1. The normalized spacial score (nSPS) is 31.6. The third-order valence-electron chi connectivity index (χ3n) is 4.00. The second kappa shape index (κ2) is 4.83. The zero-order chi connectivity index (χ0) is 14.4. The van der Waals surface area contributed by atoms with Gasteiger partial charge in [-0.1, -0.05) is 11.6 Å².